The maximum Gasteiger partial charge on any atom is 0.215 e. The summed E-state index contributed by atoms with van der Waals surface area (Å²) in [4.78, 5) is 0. The molecule has 0 saturated carbocycles. The highest BCUT2D eigenvalue weighted by Gasteiger charge is 2.29. The van der Waals surface area contributed by atoms with Crippen LogP contribution in [0.1, 0.15) is 31.4 Å². The van der Waals surface area contributed by atoms with Crippen molar-refractivity contribution in [2.75, 3.05) is 19.3 Å². The zero-order valence-electron chi connectivity index (χ0n) is 11.8. The molecule has 2 atom stereocenters. The maximum atomic E-state index is 13.8. The molecule has 1 aliphatic rings. The Morgan fingerprint density at radius 2 is 2.15 bits per heavy atom. The molecule has 2 rings (SSSR count). The molecule has 0 amide bonds. The Hall–Kier alpha value is -0.980. The van der Waals surface area contributed by atoms with Crippen LogP contribution in [0.2, 0.25) is 0 Å². The van der Waals surface area contributed by atoms with Crippen LogP contribution >= 0.6 is 0 Å². The van der Waals surface area contributed by atoms with Crippen LogP contribution in [0.5, 0.6) is 0 Å². The standard InChI is InChI=1S/C14H21FN2O2S/c1-11(13-7-3-4-8-14(13)15)17(2)20(18,19)10-12-6-5-9-16-12/h3-4,7-8,11-12,16H,5-6,9-10H2,1-2H3. The summed E-state index contributed by atoms with van der Waals surface area (Å²) in [6, 6.07) is 5.79. The lowest BCUT2D eigenvalue weighted by Gasteiger charge is -2.26. The molecule has 0 spiro atoms. The van der Waals surface area contributed by atoms with Gasteiger partial charge < -0.3 is 5.32 Å². The van der Waals surface area contributed by atoms with Crippen LogP contribution < -0.4 is 5.32 Å². The van der Waals surface area contributed by atoms with E-state index in [-0.39, 0.29) is 17.6 Å². The summed E-state index contributed by atoms with van der Waals surface area (Å²) in [6.07, 6.45) is 1.88. The molecule has 0 bridgehead atoms. The predicted molar refractivity (Wildman–Crippen MR) is 77.4 cm³/mol. The van der Waals surface area contributed by atoms with E-state index in [1.54, 1.807) is 25.1 Å². The molecule has 1 aliphatic heterocycles. The fourth-order valence-electron chi connectivity index (χ4n) is 2.52. The van der Waals surface area contributed by atoms with E-state index < -0.39 is 16.1 Å². The highest BCUT2D eigenvalue weighted by atomic mass is 32.2. The summed E-state index contributed by atoms with van der Waals surface area (Å²) < 4.78 is 39.8. The SMILES string of the molecule is CC(c1ccccc1F)N(C)S(=O)(=O)CC1CCCN1. The molecule has 0 aliphatic carbocycles. The quantitative estimate of drug-likeness (QED) is 0.903. The monoisotopic (exact) mass is 300 g/mol. The van der Waals surface area contributed by atoms with Gasteiger partial charge in [-0.05, 0) is 32.4 Å². The van der Waals surface area contributed by atoms with Gasteiger partial charge in [-0.25, -0.2) is 12.8 Å². The molecule has 1 N–H and O–H groups in total. The van der Waals surface area contributed by atoms with Gasteiger partial charge >= 0.3 is 0 Å². The van der Waals surface area contributed by atoms with Gasteiger partial charge in [-0.2, -0.15) is 4.31 Å². The Morgan fingerprint density at radius 3 is 2.75 bits per heavy atom. The maximum absolute atomic E-state index is 13.8. The van der Waals surface area contributed by atoms with Crippen LogP contribution in [0.25, 0.3) is 0 Å². The van der Waals surface area contributed by atoms with Gasteiger partial charge in [0.15, 0.2) is 0 Å². The number of nitrogens with one attached hydrogen (secondary N) is 1. The third-order valence-corrected chi connectivity index (χ3v) is 5.93. The Bertz CT molecular complexity index is 556. The van der Waals surface area contributed by atoms with Crippen LogP contribution in [-0.4, -0.2) is 38.1 Å². The van der Waals surface area contributed by atoms with Gasteiger partial charge in [0.25, 0.3) is 0 Å². The number of nitrogens with zero attached hydrogens (tertiary/aromatic N) is 1. The summed E-state index contributed by atoms with van der Waals surface area (Å²) in [5.41, 5.74) is 0.401. The third-order valence-electron chi connectivity index (χ3n) is 3.91. The van der Waals surface area contributed by atoms with E-state index in [9.17, 15) is 12.8 Å². The van der Waals surface area contributed by atoms with Crippen molar-refractivity contribution in [1.29, 1.82) is 0 Å². The molecule has 1 aromatic rings. The Balaban J connectivity index is 2.13. The van der Waals surface area contributed by atoms with E-state index >= 15 is 0 Å². The van der Waals surface area contributed by atoms with Gasteiger partial charge in [-0.15, -0.1) is 0 Å². The van der Waals surface area contributed by atoms with E-state index in [1.165, 1.54) is 17.4 Å². The first-order valence-electron chi connectivity index (χ1n) is 6.85. The van der Waals surface area contributed by atoms with Gasteiger partial charge in [0, 0.05) is 24.7 Å². The number of rotatable bonds is 5. The third kappa shape index (κ3) is 3.37. The summed E-state index contributed by atoms with van der Waals surface area (Å²) in [5, 5.41) is 3.18. The lowest BCUT2D eigenvalue weighted by Crippen LogP contribution is -2.39. The first kappa shape index (κ1) is 15.4. The summed E-state index contributed by atoms with van der Waals surface area (Å²) >= 11 is 0. The fourth-order valence-corrected chi connectivity index (χ4v) is 4.14. The van der Waals surface area contributed by atoms with Crippen LogP contribution in [0.3, 0.4) is 0 Å². The molecule has 1 saturated heterocycles. The minimum Gasteiger partial charge on any atom is -0.313 e. The first-order chi connectivity index (χ1) is 9.42. The van der Waals surface area contributed by atoms with Crippen molar-refractivity contribution in [3.63, 3.8) is 0 Å². The fraction of sp³-hybridized carbons (Fsp3) is 0.571. The predicted octanol–water partition coefficient (Wildman–Crippen LogP) is 1.90. The molecule has 1 aromatic carbocycles. The molecule has 1 fully saturated rings. The molecule has 4 nitrogen and oxygen atoms in total. The van der Waals surface area contributed by atoms with Gasteiger partial charge in [0.1, 0.15) is 5.82 Å². The number of sulfonamides is 1. The van der Waals surface area contributed by atoms with E-state index in [2.05, 4.69) is 5.32 Å². The van der Waals surface area contributed by atoms with E-state index in [1.807, 2.05) is 0 Å². The van der Waals surface area contributed by atoms with Crippen molar-refractivity contribution in [2.45, 2.75) is 31.8 Å². The molecular weight excluding hydrogens is 279 g/mol. The van der Waals surface area contributed by atoms with Crippen molar-refractivity contribution in [3.05, 3.63) is 35.6 Å². The van der Waals surface area contributed by atoms with Gasteiger partial charge in [-0.3, -0.25) is 0 Å². The van der Waals surface area contributed by atoms with E-state index in [0.29, 0.717) is 5.56 Å². The van der Waals surface area contributed by atoms with Crippen molar-refractivity contribution in [3.8, 4) is 0 Å². The van der Waals surface area contributed by atoms with E-state index in [0.717, 1.165) is 19.4 Å². The Kier molecular flexibility index (Phi) is 4.78. The summed E-state index contributed by atoms with van der Waals surface area (Å²) in [7, 11) is -1.89. The second kappa shape index (κ2) is 6.20. The number of benzene rings is 1. The topological polar surface area (TPSA) is 49.4 Å². The molecule has 112 valence electrons. The number of hydrogen-bond donors (Lipinski definition) is 1. The minimum absolute atomic E-state index is 0.00951. The molecule has 0 radical (unpaired) electrons. The smallest absolute Gasteiger partial charge is 0.215 e. The van der Waals surface area contributed by atoms with Crippen LogP contribution in [-0.2, 0) is 10.0 Å². The zero-order valence-corrected chi connectivity index (χ0v) is 12.7. The van der Waals surface area contributed by atoms with Gasteiger partial charge in [0.05, 0.1) is 5.75 Å². The zero-order chi connectivity index (χ0) is 14.8. The van der Waals surface area contributed by atoms with Crippen molar-refractivity contribution in [1.82, 2.24) is 9.62 Å². The van der Waals surface area contributed by atoms with Crippen molar-refractivity contribution in [2.24, 2.45) is 0 Å². The lowest BCUT2D eigenvalue weighted by atomic mass is 10.1. The highest BCUT2D eigenvalue weighted by Crippen LogP contribution is 2.24. The highest BCUT2D eigenvalue weighted by molar-refractivity contribution is 7.89. The number of halogens is 1. The molecule has 1 heterocycles. The lowest BCUT2D eigenvalue weighted by molar-refractivity contribution is 0.384. The van der Waals surface area contributed by atoms with E-state index in [4.69, 9.17) is 0 Å². The summed E-state index contributed by atoms with van der Waals surface area (Å²) in [5.74, 6) is -0.302. The van der Waals surface area contributed by atoms with Crippen molar-refractivity contribution < 1.29 is 12.8 Å². The van der Waals surface area contributed by atoms with Crippen LogP contribution in [0, 0.1) is 5.82 Å². The molecule has 2 unspecified atom stereocenters. The minimum atomic E-state index is -3.40. The molecule has 6 heteroatoms. The summed E-state index contributed by atoms with van der Waals surface area (Å²) in [6.45, 7) is 2.57. The molecular formula is C14H21FN2O2S. The average Bonchev–Trinajstić information content (AvgIpc) is 2.89. The Labute approximate surface area is 120 Å². The first-order valence-corrected chi connectivity index (χ1v) is 8.46. The largest absolute Gasteiger partial charge is 0.313 e. The second-order valence-corrected chi connectivity index (χ2v) is 7.36. The van der Waals surface area contributed by atoms with Gasteiger partial charge in [-0.1, -0.05) is 18.2 Å². The Morgan fingerprint density at radius 1 is 1.45 bits per heavy atom. The average molecular weight is 300 g/mol. The van der Waals surface area contributed by atoms with Crippen LogP contribution in [0.15, 0.2) is 24.3 Å². The van der Waals surface area contributed by atoms with Crippen molar-refractivity contribution >= 4 is 10.0 Å². The normalized spacial score (nSPS) is 21.3. The molecule has 20 heavy (non-hydrogen) atoms. The molecule has 0 aromatic heterocycles. The number of hydrogen-bond acceptors (Lipinski definition) is 3. The van der Waals surface area contributed by atoms with Gasteiger partial charge in [0.2, 0.25) is 10.0 Å². The van der Waals surface area contributed by atoms with Crippen LogP contribution in [0.4, 0.5) is 4.39 Å². The second-order valence-electron chi connectivity index (χ2n) is 5.29.